The summed E-state index contributed by atoms with van der Waals surface area (Å²) in [5.41, 5.74) is 5.81. The van der Waals surface area contributed by atoms with Gasteiger partial charge in [0.15, 0.2) is 0 Å². The molecule has 0 spiro atoms. The lowest BCUT2D eigenvalue weighted by Crippen LogP contribution is -2.46. The van der Waals surface area contributed by atoms with Gasteiger partial charge in [-0.1, -0.05) is 24.3 Å². The second-order valence-electron chi connectivity index (χ2n) is 9.86. The summed E-state index contributed by atoms with van der Waals surface area (Å²) >= 11 is 0. The zero-order valence-corrected chi connectivity index (χ0v) is 19.3. The molecule has 5 rings (SSSR count). The van der Waals surface area contributed by atoms with Crippen molar-refractivity contribution >= 4 is 11.6 Å². The summed E-state index contributed by atoms with van der Waals surface area (Å²) in [6.07, 6.45) is 3.32. The lowest BCUT2D eigenvalue weighted by atomic mass is 9.95. The molecule has 176 valence electrons. The molecule has 3 aliphatic rings. The van der Waals surface area contributed by atoms with Crippen LogP contribution in [0.3, 0.4) is 0 Å². The van der Waals surface area contributed by atoms with Crippen LogP contribution in [-0.4, -0.2) is 77.9 Å². The number of piperidine rings is 1. The molecule has 3 heterocycles. The minimum Gasteiger partial charge on any atom is -0.396 e. The van der Waals surface area contributed by atoms with Crippen LogP contribution in [0.1, 0.15) is 39.9 Å². The number of amides is 1. The molecule has 6 heteroatoms. The number of β-amino-alcohol motifs (C(OH)–C–C–N with tert-alkyl or cyclic N) is 1. The summed E-state index contributed by atoms with van der Waals surface area (Å²) < 4.78 is 0. The predicted octanol–water partition coefficient (Wildman–Crippen LogP) is 2.31. The van der Waals surface area contributed by atoms with Gasteiger partial charge in [0, 0.05) is 63.7 Å². The first kappa shape index (κ1) is 22.4. The van der Waals surface area contributed by atoms with Crippen molar-refractivity contribution in [3.63, 3.8) is 0 Å². The zero-order chi connectivity index (χ0) is 22.8. The van der Waals surface area contributed by atoms with Crippen LogP contribution in [0.5, 0.6) is 0 Å². The van der Waals surface area contributed by atoms with E-state index in [-0.39, 0.29) is 12.5 Å². The fraction of sp³-hybridized carbons (Fsp3) is 0.519. The van der Waals surface area contributed by atoms with E-state index < -0.39 is 6.10 Å². The second-order valence-corrected chi connectivity index (χ2v) is 9.86. The van der Waals surface area contributed by atoms with Crippen LogP contribution in [0.4, 0.5) is 5.69 Å². The Hall–Kier alpha value is -2.41. The molecule has 3 aliphatic heterocycles. The van der Waals surface area contributed by atoms with E-state index in [1.54, 1.807) is 0 Å². The lowest BCUT2D eigenvalue weighted by molar-refractivity contribution is 0.0493. The molecule has 0 bridgehead atoms. The smallest absolute Gasteiger partial charge is 0.254 e. The number of carbonyl (C=O) groups excluding carboxylic acids is 1. The Bertz CT molecular complexity index is 986. The Labute approximate surface area is 196 Å². The molecule has 2 aromatic rings. The highest BCUT2D eigenvalue weighted by Gasteiger charge is 2.28. The van der Waals surface area contributed by atoms with Gasteiger partial charge in [-0.25, -0.2) is 0 Å². The number of anilines is 1. The molecular formula is C27H35N3O3. The number of aliphatic hydroxyl groups is 2. The monoisotopic (exact) mass is 449 g/mol. The average molecular weight is 450 g/mol. The maximum atomic E-state index is 13.1. The summed E-state index contributed by atoms with van der Waals surface area (Å²) in [4.78, 5) is 19.6. The van der Waals surface area contributed by atoms with Crippen molar-refractivity contribution in [2.75, 3.05) is 50.8 Å². The van der Waals surface area contributed by atoms with Crippen LogP contribution in [0.25, 0.3) is 0 Å². The highest BCUT2D eigenvalue weighted by molar-refractivity contribution is 5.97. The third-order valence-electron chi connectivity index (χ3n) is 7.61. The zero-order valence-electron chi connectivity index (χ0n) is 19.3. The number of fused-ring (bicyclic) bond motifs is 2. The predicted molar refractivity (Wildman–Crippen MR) is 130 cm³/mol. The number of nitrogens with zero attached hydrogens (tertiary/aromatic N) is 3. The van der Waals surface area contributed by atoms with Crippen LogP contribution in [0, 0.1) is 5.92 Å². The minimum atomic E-state index is -0.548. The van der Waals surface area contributed by atoms with Crippen LogP contribution >= 0.6 is 0 Å². The summed E-state index contributed by atoms with van der Waals surface area (Å²) in [5.74, 6) is 0.449. The SMILES string of the molecule is O=C1c2ccc(N3CCC(CO)CC3)cc2CCN1C[C@H](O)CN1CCc2ccccc2C1. The molecule has 0 aromatic heterocycles. The van der Waals surface area contributed by atoms with Crippen LogP contribution in [-0.2, 0) is 19.4 Å². The van der Waals surface area contributed by atoms with Gasteiger partial charge in [-0.15, -0.1) is 0 Å². The summed E-state index contributed by atoms with van der Waals surface area (Å²) in [5, 5.41) is 20.1. The van der Waals surface area contributed by atoms with E-state index in [1.165, 1.54) is 16.8 Å². The summed E-state index contributed by atoms with van der Waals surface area (Å²) in [6.45, 7) is 5.63. The third-order valence-corrected chi connectivity index (χ3v) is 7.61. The standard InChI is InChI=1S/C27H35N3O3/c31-19-20-7-12-29(13-8-20)24-5-6-26-22(15-24)10-14-30(27(26)33)18-25(32)17-28-11-9-21-3-1-2-4-23(21)16-28/h1-6,15,20,25,31-32H,7-14,16-19H2/t25-/m1/s1. The average Bonchev–Trinajstić information content (AvgIpc) is 2.85. The number of hydrogen-bond acceptors (Lipinski definition) is 5. The van der Waals surface area contributed by atoms with Crippen molar-refractivity contribution in [3.8, 4) is 0 Å². The first-order valence-electron chi connectivity index (χ1n) is 12.4. The molecule has 2 aromatic carbocycles. The van der Waals surface area contributed by atoms with E-state index >= 15 is 0 Å². The fourth-order valence-corrected chi connectivity index (χ4v) is 5.59. The molecule has 6 nitrogen and oxygen atoms in total. The van der Waals surface area contributed by atoms with Crippen molar-refractivity contribution in [3.05, 3.63) is 64.7 Å². The van der Waals surface area contributed by atoms with Gasteiger partial charge in [-0.3, -0.25) is 9.69 Å². The largest absolute Gasteiger partial charge is 0.396 e. The molecular weight excluding hydrogens is 414 g/mol. The van der Waals surface area contributed by atoms with E-state index in [9.17, 15) is 15.0 Å². The Morgan fingerprint density at radius 3 is 2.45 bits per heavy atom. The topological polar surface area (TPSA) is 67.2 Å². The van der Waals surface area contributed by atoms with E-state index in [0.717, 1.165) is 63.0 Å². The highest BCUT2D eigenvalue weighted by Crippen LogP contribution is 2.28. The minimum absolute atomic E-state index is 0.0322. The molecule has 0 aliphatic carbocycles. The van der Waals surface area contributed by atoms with Crippen molar-refractivity contribution < 1.29 is 15.0 Å². The number of hydrogen-bond donors (Lipinski definition) is 2. The molecule has 1 fully saturated rings. The van der Waals surface area contributed by atoms with Crippen molar-refractivity contribution in [1.29, 1.82) is 0 Å². The number of aliphatic hydroxyl groups excluding tert-OH is 2. The van der Waals surface area contributed by atoms with Crippen molar-refractivity contribution in [2.45, 2.75) is 38.3 Å². The maximum Gasteiger partial charge on any atom is 0.254 e. The van der Waals surface area contributed by atoms with Gasteiger partial charge in [0.1, 0.15) is 0 Å². The van der Waals surface area contributed by atoms with Gasteiger partial charge in [0.25, 0.3) is 5.91 Å². The Kier molecular flexibility index (Phi) is 6.67. The van der Waals surface area contributed by atoms with E-state index in [4.69, 9.17) is 0 Å². The molecule has 2 N–H and O–H groups in total. The molecule has 33 heavy (non-hydrogen) atoms. The van der Waals surface area contributed by atoms with Crippen molar-refractivity contribution in [1.82, 2.24) is 9.80 Å². The molecule has 0 saturated carbocycles. The molecule has 0 radical (unpaired) electrons. The van der Waals surface area contributed by atoms with Crippen molar-refractivity contribution in [2.24, 2.45) is 5.92 Å². The van der Waals surface area contributed by atoms with Crippen LogP contribution in [0.15, 0.2) is 42.5 Å². The molecule has 1 amide bonds. The highest BCUT2D eigenvalue weighted by atomic mass is 16.3. The van der Waals surface area contributed by atoms with Gasteiger partial charge in [0.05, 0.1) is 6.10 Å². The van der Waals surface area contributed by atoms with E-state index in [0.29, 0.717) is 25.6 Å². The van der Waals surface area contributed by atoms with Gasteiger partial charge >= 0.3 is 0 Å². The van der Waals surface area contributed by atoms with Gasteiger partial charge in [-0.05, 0) is 66.5 Å². The van der Waals surface area contributed by atoms with Gasteiger partial charge in [0.2, 0.25) is 0 Å². The first-order valence-corrected chi connectivity index (χ1v) is 12.4. The maximum absolute atomic E-state index is 13.1. The summed E-state index contributed by atoms with van der Waals surface area (Å²) in [7, 11) is 0. The molecule has 1 saturated heterocycles. The Balaban J connectivity index is 1.17. The summed E-state index contributed by atoms with van der Waals surface area (Å²) in [6, 6.07) is 14.7. The first-order chi connectivity index (χ1) is 16.1. The van der Waals surface area contributed by atoms with Gasteiger partial charge < -0.3 is 20.0 Å². The molecule has 1 atom stereocenters. The van der Waals surface area contributed by atoms with Crippen LogP contribution in [0.2, 0.25) is 0 Å². The normalized spacial score (nSPS) is 20.5. The van der Waals surface area contributed by atoms with Gasteiger partial charge in [-0.2, -0.15) is 0 Å². The number of rotatable bonds is 6. The number of benzene rings is 2. The Morgan fingerprint density at radius 1 is 0.909 bits per heavy atom. The lowest BCUT2D eigenvalue weighted by Gasteiger charge is -2.35. The Morgan fingerprint density at radius 2 is 1.67 bits per heavy atom. The molecule has 0 unspecified atom stereocenters. The second kappa shape index (κ2) is 9.84. The van der Waals surface area contributed by atoms with Crippen LogP contribution < -0.4 is 4.90 Å². The quantitative estimate of drug-likeness (QED) is 0.709. The van der Waals surface area contributed by atoms with E-state index in [1.807, 2.05) is 11.0 Å². The third kappa shape index (κ3) is 4.93. The fourth-order valence-electron chi connectivity index (χ4n) is 5.59. The van der Waals surface area contributed by atoms with E-state index in [2.05, 4.69) is 46.2 Å². The number of carbonyl (C=O) groups is 1.